The predicted molar refractivity (Wildman–Crippen MR) is 50.0 cm³/mol. The van der Waals surface area contributed by atoms with E-state index in [9.17, 15) is 16.7 Å². The smallest absolute Gasteiger partial charge is 0.255 e. The van der Waals surface area contributed by atoms with Crippen molar-refractivity contribution in [2.45, 2.75) is 4.90 Å². The fourth-order valence-corrected chi connectivity index (χ4v) is 1.93. The van der Waals surface area contributed by atoms with Crippen molar-refractivity contribution in [1.29, 1.82) is 0 Å². The van der Waals surface area contributed by atoms with E-state index in [1.807, 2.05) is 0 Å². The minimum Gasteiger partial charge on any atom is -0.255 e. The molecule has 78 valence electrons. The zero-order valence-corrected chi connectivity index (χ0v) is 8.13. The second kappa shape index (κ2) is 3.23. The molecule has 0 atom stereocenters. The van der Waals surface area contributed by atoms with E-state index in [1.54, 1.807) is 0 Å². The minimum absolute atomic E-state index is 0.0174. The van der Waals surface area contributed by atoms with E-state index in [4.69, 9.17) is 0 Å². The highest BCUT2D eigenvalue weighted by Crippen LogP contribution is 2.24. The van der Waals surface area contributed by atoms with E-state index >= 15 is 0 Å². The quantitative estimate of drug-likeness (QED) is 0.703. The molecule has 2 rings (SSSR count). The summed E-state index contributed by atoms with van der Waals surface area (Å²) in [4.78, 5) is 3.04. The largest absolute Gasteiger partial charge is 0.334 e. The Labute approximate surface area is 84.6 Å². The van der Waals surface area contributed by atoms with E-state index < -0.39 is 20.9 Å². The first kappa shape index (κ1) is 9.97. The van der Waals surface area contributed by atoms with Crippen molar-refractivity contribution >= 4 is 21.1 Å². The zero-order valence-electron chi connectivity index (χ0n) is 7.31. The standard InChI is InChI=1S/C9H5F2NO2S/c10-7-3-4-8(15(11,13)14)9-6(7)2-1-5-12-9/h1-5H. The average molecular weight is 229 g/mol. The van der Waals surface area contributed by atoms with Crippen LogP contribution < -0.4 is 0 Å². The Bertz CT molecular complexity index is 625. The molecule has 0 spiro atoms. The molecule has 0 aliphatic heterocycles. The summed E-state index contributed by atoms with van der Waals surface area (Å²) in [6.07, 6.45) is 1.27. The van der Waals surface area contributed by atoms with Crippen LogP contribution in [0.3, 0.4) is 0 Å². The summed E-state index contributed by atoms with van der Waals surface area (Å²) >= 11 is 0. The van der Waals surface area contributed by atoms with E-state index in [0.29, 0.717) is 0 Å². The van der Waals surface area contributed by atoms with Crippen molar-refractivity contribution in [2.75, 3.05) is 0 Å². The molecule has 1 aromatic carbocycles. The molecule has 0 bridgehead atoms. The number of rotatable bonds is 1. The molecule has 0 amide bonds. The maximum atomic E-state index is 13.2. The highest BCUT2D eigenvalue weighted by Gasteiger charge is 2.18. The third-order valence-corrected chi connectivity index (χ3v) is 2.80. The second-order valence-corrected chi connectivity index (χ2v) is 4.20. The molecule has 0 unspecified atom stereocenters. The Morgan fingerprint density at radius 3 is 2.60 bits per heavy atom. The molecule has 1 heterocycles. The molecule has 6 heteroatoms. The van der Waals surface area contributed by atoms with Crippen molar-refractivity contribution in [3.8, 4) is 0 Å². The molecule has 3 nitrogen and oxygen atoms in total. The van der Waals surface area contributed by atoms with Gasteiger partial charge in [0.25, 0.3) is 0 Å². The SMILES string of the molecule is O=S(=O)(F)c1ccc(F)c2cccnc12. The number of hydrogen-bond acceptors (Lipinski definition) is 3. The second-order valence-electron chi connectivity index (χ2n) is 2.88. The van der Waals surface area contributed by atoms with Gasteiger partial charge in [-0.2, -0.15) is 8.42 Å². The Morgan fingerprint density at radius 2 is 1.93 bits per heavy atom. The van der Waals surface area contributed by atoms with Crippen LogP contribution in [0.2, 0.25) is 0 Å². The van der Waals surface area contributed by atoms with Gasteiger partial charge in [-0.05, 0) is 24.3 Å². The number of halogens is 2. The summed E-state index contributed by atoms with van der Waals surface area (Å²) < 4.78 is 47.4. The number of hydrogen-bond donors (Lipinski definition) is 0. The predicted octanol–water partition coefficient (Wildman–Crippen LogP) is 2.03. The van der Waals surface area contributed by atoms with Gasteiger partial charge < -0.3 is 0 Å². The van der Waals surface area contributed by atoms with Gasteiger partial charge in [-0.3, -0.25) is 4.98 Å². The van der Waals surface area contributed by atoms with Crippen LogP contribution in [0.1, 0.15) is 0 Å². The third kappa shape index (κ3) is 1.68. The maximum absolute atomic E-state index is 13.2. The van der Waals surface area contributed by atoms with Crippen molar-refractivity contribution < 1.29 is 16.7 Å². The third-order valence-electron chi connectivity index (χ3n) is 1.94. The molecule has 1 aromatic heterocycles. The van der Waals surface area contributed by atoms with Crippen LogP contribution in [-0.4, -0.2) is 13.4 Å². The molecule has 2 aromatic rings. The Kier molecular flexibility index (Phi) is 2.15. The molecule has 0 radical (unpaired) electrons. The normalized spacial score (nSPS) is 11.9. The Morgan fingerprint density at radius 1 is 1.20 bits per heavy atom. The minimum atomic E-state index is -4.88. The molecule has 0 saturated carbocycles. The van der Waals surface area contributed by atoms with Gasteiger partial charge in [-0.1, -0.05) is 0 Å². The number of aromatic nitrogens is 1. The van der Waals surface area contributed by atoms with Crippen LogP contribution in [0.5, 0.6) is 0 Å². The lowest BCUT2D eigenvalue weighted by Crippen LogP contribution is -1.96. The monoisotopic (exact) mass is 229 g/mol. The summed E-state index contributed by atoms with van der Waals surface area (Å²) in [6, 6.07) is 4.54. The lowest BCUT2D eigenvalue weighted by molar-refractivity contribution is 0.552. The average Bonchev–Trinajstić information content (AvgIpc) is 2.17. The topological polar surface area (TPSA) is 47.0 Å². The fourth-order valence-electron chi connectivity index (χ4n) is 1.31. The Hall–Kier alpha value is -1.56. The lowest BCUT2D eigenvalue weighted by atomic mass is 10.2. The van der Waals surface area contributed by atoms with E-state index in [2.05, 4.69) is 4.98 Å². The van der Waals surface area contributed by atoms with Gasteiger partial charge in [0.15, 0.2) is 0 Å². The zero-order chi connectivity index (χ0) is 11.1. The Balaban J connectivity index is 2.96. The van der Waals surface area contributed by atoms with Gasteiger partial charge in [0.1, 0.15) is 10.7 Å². The molecule has 0 fully saturated rings. The fraction of sp³-hybridized carbons (Fsp3) is 0. The van der Waals surface area contributed by atoms with Crippen molar-refractivity contribution in [3.63, 3.8) is 0 Å². The number of benzene rings is 1. The van der Waals surface area contributed by atoms with Gasteiger partial charge in [-0.15, -0.1) is 3.89 Å². The number of fused-ring (bicyclic) bond motifs is 1. The van der Waals surface area contributed by atoms with Crippen molar-refractivity contribution in [3.05, 3.63) is 36.3 Å². The molecular formula is C9H5F2NO2S. The van der Waals surface area contributed by atoms with Crippen LogP contribution in [0.15, 0.2) is 35.4 Å². The van der Waals surface area contributed by atoms with E-state index in [0.717, 1.165) is 12.1 Å². The maximum Gasteiger partial charge on any atom is 0.334 e. The highest BCUT2D eigenvalue weighted by molar-refractivity contribution is 7.86. The molecule has 15 heavy (non-hydrogen) atoms. The van der Waals surface area contributed by atoms with Crippen LogP contribution in [0.4, 0.5) is 8.28 Å². The summed E-state index contributed by atoms with van der Waals surface area (Å²) in [5, 5.41) is -0.0174. The number of pyridine rings is 1. The van der Waals surface area contributed by atoms with Gasteiger partial charge in [0.2, 0.25) is 0 Å². The van der Waals surface area contributed by atoms with Gasteiger partial charge in [0, 0.05) is 11.6 Å². The number of nitrogens with zero attached hydrogens (tertiary/aromatic N) is 1. The van der Waals surface area contributed by atoms with Crippen molar-refractivity contribution in [1.82, 2.24) is 4.98 Å². The summed E-state index contributed by atoms with van der Waals surface area (Å²) in [5.41, 5.74) is -0.194. The van der Waals surface area contributed by atoms with Crippen LogP contribution in [0, 0.1) is 5.82 Å². The van der Waals surface area contributed by atoms with Gasteiger partial charge >= 0.3 is 10.2 Å². The molecule has 0 saturated heterocycles. The van der Waals surface area contributed by atoms with Gasteiger partial charge in [0.05, 0.1) is 5.52 Å². The summed E-state index contributed by atoms with van der Waals surface area (Å²) in [5.74, 6) is -0.634. The van der Waals surface area contributed by atoms with E-state index in [1.165, 1.54) is 18.3 Å². The first-order valence-electron chi connectivity index (χ1n) is 3.98. The lowest BCUT2D eigenvalue weighted by Gasteiger charge is -2.01. The molecular weight excluding hydrogens is 224 g/mol. The molecule has 0 aliphatic carbocycles. The van der Waals surface area contributed by atoms with Gasteiger partial charge in [-0.25, -0.2) is 4.39 Å². The van der Waals surface area contributed by atoms with Crippen LogP contribution in [-0.2, 0) is 10.2 Å². The van der Waals surface area contributed by atoms with Crippen molar-refractivity contribution in [2.24, 2.45) is 0 Å². The van der Waals surface area contributed by atoms with E-state index in [-0.39, 0.29) is 10.9 Å². The summed E-state index contributed by atoms with van der Waals surface area (Å²) in [6.45, 7) is 0. The van der Waals surface area contributed by atoms with Crippen LogP contribution >= 0.6 is 0 Å². The first-order valence-corrected chi connectivity index (χ1v) is 5.36. The summed E-state index contributed by atoms with van der Waals surface area (Å²) in [7, 11) is -4.88. The van der Waals surface area contributed by atoms with Crippen LogP contribution in [0.25, 0.3) is 10.9 Å². The molecule has 0 aliphatic rings. The first-order chi connectivity index (χ1) is 7.00. The highest BCUT2D eigenvalue weighted by atomic mass is 32.3. The molecule has 0 N–H and O–H groups in total.